The van der Waals surface area contributed by atoms with E-state index in [-0.39, 0.29) is 36.0 Å². The van der Waals surface area contributed by atoms with E-state index in [1.54, 1.807) is 13.0 Å². The topological polar surface area (TPSA) is 218 Å². The molecule has 2 saturated carbocycles. The number of Topliss-reactive ketones (excluding diaryl/α,β-unsaturated/α-hetero) is 1. The molecule has 0 amide bonds. The number of fused-ring (bicyclic) bond motifs is 5. The van der Waals surface area contributed by atoms with Crippen molar-refractivity contribution in [2.75, 3.05) is 6.61 Å². The smallest absolute Gasteiger partial charge is 0.229 e. The first-order valence-corrected chi connectivity index (χ1v) is 16.4. The zero-order valence-electron chi connectivity index (χ0n) is 28.2. The van der Waals surface area contributed by atoms with E-state index in [2.05, 4.69) is 0 Å². The summed E-state index contributed by atoms with van der Waals surface area (Å²) in [6.45, 7) is 11.4. The third-order valence-corrected chi connectivity index (χ3v) is 12.5. The van der Waals surface area contributed by atoms with E-state index in [1.807, 2.05) is 20.8 Å². The van der Waals surface area contributed by atoms with Gasteiger partial charge in [-0.05, 0) is 93.4 Å². The summed E-state index contributed by atoms with van der Waals surface area (Å²) < 4.78 is 11.4. The molecule has 47 heavy (non-hydrogen) atoms. The first-order valence-electron chi connectivity index (χ1n) is 16.4. The van der Waals surface area contributed by atoms with Gasteiger partial charge < -0.3 is 55.4 Å². The van der Waals surface area contributed by atoms with Gasteiger partial charge in [-0.15, -0.1) is 0 Å². The first-order chi connectivity index (χ1) is 21.6. The largest absolute Gasteiger partial charge is 0.504 e. The Kier molecular flexibility index (Phi) is 9.03. The van der Waals surface area contributed by atoms with Gasteiger partial charge in [-0.1, -0.05) is 26.0 Å². The molecular formula is C35H52O12. The van der Waals surface area contributed by atoms with E-state index in [1.165, 1.54) is 32.9 Å². The van der Waals surface area contributed by atoms with Gasteiger partial charge in [-0.2, -0.15) is 0 Å². The van der Waals surface area contributed by atoms with Crippen LogP contribution in [0.25, 0.3) is 0 Å². The van der Waals surface area contributed by atoms with Crippen LogP contribution in [0.2, 0.25) is 0 Å². The quantitative estimate of drug-likeness (QED) is 0.182. The second kappa shape index (κ2) is 11.7. The fraction of sp³-hybridized carbons (Fsp3) is 0.743. The van der Waals surface area contributed by atoms with Gasteiger partial charge in [0.05, 0.1) is 29.3 Å². The molecule has 0 radical (unpaired) electrons. The van der Waals surface area contributed by atoms with Crippen LogP contribution < -0.4 is 4.74 Å². The Morgan fingerprint density at radius 2 is 1.70 bits per heavy atom. The van der Waals surface area contributed by atoms with Crippen LogP contribution in [0.4, 0.5) is 0 Å². The van der Waals surface area contributed by atoms with Crippen molar-refractivity contribution in [2.24, 2.45) is 22.7 Å². The maximum atomic E-state index is 14.6. The molecule has 1 heterocycles. The molecule has 1 aromatic rings. The first kappa shape index (κ1) is 36.2. The number of rotatable bonds is 7. The van der Waals surface area contributed by atoms with Gasteiger partial charge in [0.15, 0.2) is 11.5 Å². The summed E-state index contributed by atoms with van der Waals surface area (Å²) in [5, 5.41) is 96.6. The lowest BCUT2D eigenvalue weighted by molar-refractivity contribution is -0.277. The number of carbonyl (C=O) groups excluding carboxylic acids is 1. The number of phenols is 1. The molecule has 264 valence electrons. The summed E-state index contributed by atoms with van der Waals surface area (Å²) in [5.41, 5.74) is -3.93. The van der Waals surface area contributed by atoms with Crippen LogP contribution in [0.3, 0.4) is 0 Å². The highest BCUT2D eigenvalue weighted by Gasteiger charge is 2.73. The second-order valence-corrected chi connectivity index (χ2v) is 15.9. The summed E-state index contributed by atoms with van der Waals surface area (Å²) in [5.74, 6) is -1.68. The van der Waals surface area contributed by atoms with Crippen molar-refractivity contribution in [3.8, 4) is 11.5 Å². The maximum absolute atomic E-state index is 14.6. The second-order valence-electron chi connectivity index (χ2n) is 15.9. The van der Waals surface area contributed by atoms with Crippen LogP contribution in [0.1, 0.15) is 77.5 Å². The van der Waals surface area contributed by atoms with Gasteiger partial charge in [0.1, 0.15) is 36.3 Å². The fourth-order valence-electron chi connectivity index (χ4n) is 9.72. The maximum Gasteiger partial charge on any atom is 0.229 e. The van der Waals surface area contributed by atoms with E-state index in [4.69, 9.17) is 9.47 Å². The molecule has 1 aromatic carbocycles. The summed E-state index contributed by atoms with van der Waals surface area (Å²) in [4.78, 5) is 14.6. The minimum atomic E-state index is -1.84. The van der Waals surface area contributed by atoms with Crippen LogP contribution in [0.15, 0.2) is 18.2 Å². The lowest BCUT2D eigenvalue weighted by atomic mass is 9.41. The summed E-state index contributed by atoms with van der Waals surface area (Å²) in [6.07, 6.45) is -6.22. The molecule has 3 aliphatic carbocycles. The molecule has 9 unspecified atom stereocenters. The Labute approximate surface area is 275 Å². The van der Waals surface area contributed by atoms with Crippen molar-refractivity contribution in [3.63, 3.8) is 0 Å². The van der Waals surface area contributed by atoms with Gasteiger partial charge in [-0.3, -0.25) is 4.79 Å². The number of hydrogen-bond acceptors (Lipinski definition) is 12. The summed E-state index contributed by atoms with van der Waals surface area (Å²) in [7, 11) is 0. The molecule has 1 saturated heterocycles. The van der Waals surface area contributed by atoms with Crippen LogP contribution in [-0.2, 0) is 21.4 Å². The summed E-state index contributed by atoms with van der Waals surface area (Å²) in [6, 6.07) is 1.55. The predicted octanol–water partition coefficient (Wildman–Crippen LogP) is 0.505. The lowest BCUT2D eigenvalue weighted by Gasteiger charge is -2.62. The molecule has 5 rings (SSSR count). The van der Waals surface area contributed by atoms with Crippen molar-refractivity contribution in [1.82, 2.24) is 0 Å². The average molecular weight is 665 g/mol. The number of aromatic hydroxyl groups is 1. The molecule has 9 N–H and O–H groups in total. The van der Waals surface area contributed by atoms with Crippen molar-refractivity contribution < 1.29 is 60.2 Å². The number of phenolic OH excluding ortho intramolecular Hbond substituents is 1. The highest BCUT2D eigenvalue weighted by Crippen LogP contribution is 2.72. The molecule has 0 spiro atoms. The standard InChI is InChI=1S/C35H52O12/c1-16-17-8-9-22-32(4)13-19(37)29(35(7,45)23(38)10-11-31(2,3)44)33(32,5)14-24(39)34(22,6)18(17)12-20(25(16)40)46-30-28(43)27(42)26(41)21(15-36)47-30/h10-12,19,21-23,26-30,36-38,40-45H,8-9,13-15H2,1-7H3/b11-10+/t19?,21?,22-,23?,26?,27?,28?,29?,30?,32-,33+,34+,35?/m0/s1. The Morgan fingerprint density at radius 3 is 2.30 bits per heavy atom. The number of ether oxygens (including phenoxy) is 2. The van der Waals surface area contributed by atoms with E-state index >= 15 is 0 Å². The predicted molar refractivity (Wildman–Crippen MR) is 168 cm³/mol. The third-order valence-electron chi connectivity index (χ3n) is 12.5. The monoisotopic (exact) mass is 664 g/mol. The molecule has 0 aromatic heterocycles. The highest BCUT2D eigenvalue weighted by molar-refractivity contribution is 5.93. The third kappa shape index (κ3) is 5.35. The number of aliphatic hydroxyl groups is 8. The normalized spacial score (nSPS) is 42.4. The fourth-order valence-corrected chi connectivity index (χ4v) is 9.72. The Morgan fingerprint density at radius 1 is 1.06 bits per heavy atom. The van der Waals surface area contributed by atoms with Gasteiger partial charge in [0, 0.05) is 12.3 Å². The zero-order valence-corrected chi connectivity index (χ0v) is 28.2. The molecule has 3 fully saturated rings. The van der Waals surface area contributed by atoms with Gasteiger partial charge in [0.25, 0.3) is 0 Å². The molecule has 12 heteroatoms. The van der Waals surface area contributed by atoms with E-state index in [0.29, 0.717) is 24.0 Å². The summed E-state index contributed by atoms with van der Waals surface area (Å²) >= 11 is 0. The van der Waals surface area contributed by atoms with Crippen molar-refractivity contribution in [3.05, 3.63) is 34.9 Å². The molecule has 13 atom stereocenters. The molecular weight excluding hydrogens is 612 g/mol. The number of aliphatic hydroxyl groups excluding tert-OH is 6. The minimum Gasteiger partial charge on any atom is -0.504 e. The zero-order chi connectivity index (χ0) is 35.2. The Balaban J connectivity index is 1.55. The molecule has 4 aliphatic rings. The van der Waals surface area contributed by atoms with Crippen LogP contribution in [-0.4, -0.2) is 112 Å². The molecule has 1 aliphatic heterocycles. The highest BCUT2D eigenvalue weighted by atomic mass is 16.7. The number of carbonyl (C=O) groups is 1. The van der Waals surface area contributed by atoms with E-state index in [0.717, 1.165) is 5.56 Å². The Hall–Kier alpha value is -2.13. The van der Waals surface area contributed by atoms with Gasteiger partial charge >= 0.3 is 0 Å². The Bertz CT molecular complexity index is 1420. The van der Waals surface area contributed by atoms with Crippen LogP contribution in [0, 0.1) is 29.6 Å². The van der Waals surface area contributed by atoms with E-state index < -0.39 is 82.9 Å². The van der Waals surface area contributed by atoms with Crippen molar-refractivity contribution in [2.45, 2.75) is 134 Å². The van der Waals surface area contributed by atoms with Crippen molar-refractivity contribution in [1.29, 1.82) is 0 Å². The van der Waals surface area contributed by atoms with Gasteiger partial charge in [0.2, 0.25) is 6.29 Å². The van der Waals surface area contributed by atoms with Crippen LogP contribution in [0.5, 0.6) is 11.5 Å². The SMILES string of the molecule is Cc1c(O)c(OC2OC(CO)C(O)C(O)C2O)cc2c1CC[C@H]1[C@]3(C)CC(O)C(C(C)(O)C(O)/C=C/C(C)(C)O)[C@@]3(C)CC(=O)[C@]21C. The lowest BCUT2D eigenvalue weighted by Crippen LogP contribution is -2.64. The number of ketones is 1. The minimum absolute atomic E-state index is 0.0153. The van der Waals surface area contributed by atoms with Crippen LogP contribution >= 0.6 is 0 Å². The molecule has 12 nitrogen and oxygen atoms in total. The average Bonchev–Trinajstić information content (AvgIpc) is 3.19. The number of hydrogen-bond donors (Lipinski definition) is 9. The molecule has 0 bridgehead atoms. The van der Waals surface area contributed by atoms with Crippen molar-refractivity contribution >= 4 is 5.78 Å². The van der Waals surface area contributed by atoms with E-state index in [9.17, 15) is 50.8 Å². The number of benzene rings is 1. The van der Waals surface area contributed by atoms with Gasteiger partial charge in [-0.25, -0.2) is 0 Å².